The maximum absolute atomic E-state index is 6.05. The first-order valence-corrected chi connectivity index (χ1v) is 9.64. The summed E-state index contributed by atoms with van der Waals surface area (Å²) in [4.78, 5) is 6.48. The summed E-state index contributed by atoms with van der Waals surface area (Å²) in [6.45, 7) is 2.04. The molecule has 1 aromatic carbocycles. The minimum atomic E-state index is 0.150. The van der Waals surface area contributed by atoms with Gasteiger partial charge < -0.3 is 14.4 Å². The molecule has 0 unspecified atom stereocenters. The van der Waals surface area contributed by atoms with Crippen LogP contribution in [0, 0.1) is 0 Å². The van der Waals surface area contributed by atoms with Gasteiger partial charge in [0.05, 0.1) is 5.69 Å². The normalized spacial score (nSPS) is 15.0. The Kier molecular flexibility index (Phi) is 5.73. The number of hydrogen-bond donors (Lipinski definition) is 0. The van der Waals surface area contributed by atoms with Crippen molar-refractivity contribution in [1.29, 1.82) is 0 Å². The zero-order chi connectivity index (χ0) is 19.3. The molecule has 3 heterocycles. The average molecular weight is 400 g/mol. The van der Waals surface area contributed by atoms with Crippen LogP contribution >= 0.6 is 11.6 Å². The van der Waals surface area contributed by atoms with E-state index in [4.69, 9.17) is 21.1 Å². The summed E-state index contributed by atoms with van der Waals surface area (Å²) >= 11 is 6.05. The molecule has 1 saturated heterocycles. The van der Waals surface area contributed by atoms with Crippen LogP contribution in [-0.4, -0.2) is 46.1 Å². The van der Waals surface area contributed by atoms with Crippen molar-refractivity contribution in [2.45, 2.75) is 25.6 Å². The van der Waals surface area contributed by atoms with E-state index in [-0.39, 0.29) is 6.10 Å². The number of benzene rings is 1. The standard InChI is InChI=1S/C20H22ClN5O2/c1-27-14-18-23-24-20(26(18)16-7-5-15(21)6-8-16)25-12-9-17(10-13-25)28-19-4-2-3-11-22-19/h2-8,11,17H,9-10,12-14H2,1H3. The molecule has 0 bridgehead atoms. The number of halogens is 1. The fraction of sp³-hybridized carbons (Fsp3) is 0.350. The molecule has 7 nitrogen and oxygen atoms in total. The zero-order valence-electron chi connectivity index (χ0n) is 15.7. The minimum Gasteiger partial charge on any atom is -0.474 e. The smallest absolute Gasteiger partial charge is 0.231 e. The molecule has 0 N–H and O–H groups in total. The molecule has 146 valence electrons. The zero-order valence-corrected chi connectivity index (χ0v) is 16.4. The summed E-state index contributed by atoms with van der Waals surface area (Å²) in [5.74, 6) is 2.24. The highest BCUT2D eigenvalue weighted by Gasteiger charge is 2.26. The lowest BCUT2D eigenvalue weighted by molar-refractivity contribution is 0.163. The van der Waals surface area contributed by atoms with Gasteiger partial charge in [-0.1, -0.05) is 17.7 Å². The van der Waals surface area contributed by atoms with Crippen LogP contribution in [0.15, 0.2) is 48.7 Å². The number of pyridine rings is 1. The maximum atomic E-state index is 6.05. The largest absolute Gasteiger partial charge is 0.474 e. The van der Waals surface area contributed by atoms with Gasteiger partial charge in [-0.25, -0.2) is 4.98 Å². The van der Waals surface area contributed by atoms with E-state index in [1.807, 2.05) is 47.0 Å². The second kappa shape index (κ2) is 8.58. The Morgan fingerprint density at radius 2 is 1.86 bits per heavy atom. The number of methoxy groups -OCH3 is 1. The van der Waals surface area contributed by atoms with Crippen molar-refractivity contribution in [2.75, 3.05) is 25.1 Å². The Labute approximate surface area is 168 Å². The topological polar surface area (TPSA) is 65.3 Å². The molecule has 1 fully saturated rings. The van der Waals surface area contributed by atoms with Crippen molar-refractivity contribution in [3.8, 4) is 11.6 Å². The average Bonchev–Trinajstić information content (AvgIpc) is 3.14. The summed E-state index contributed by atoms with van der Waals surface area (Å²) in [6.07, 6.45) is 3.68. The van der Waals surface area contributed by atoms with Gasteiger partial charge in [0.2, 0.25) is 11.8 Å². The number of rotatable bonds is 6. The van der Waals surface area contributed by atoms with E-state index in [0.717, 1.165) is 43.4 Å². The molecule has 0 spiro atoms. The van der Waals surface area contributed by atoms with Crippen molar-refractivity contribution in [1.82, 2.24) is 19.7 Å². The van der Waals surface area contributed by atoms with Crippen molar-refractivity contribution >= 4 is 17.5 Å². The van der Waals surface area contributed by atoms with Crippen molar-refractivity contribution < 1.29 is 9.47 Å². The highest BCUT2D eigenvalue weighted by Crippen LogP contribution is 2.26. The number of hydrogen-bond acceptors (Lipinski definition) is 6. The second-order valence-corrected chi connectivity index (χ2v) is 7.07. The van der Waals surface area contributed by atoms with Gasteiger partial charge in [-0.2, -0.15) is 0 Å². The van der Waals surface area contributed by atoms with Crippen LogP contribution in [0.4, 0.5) is 5.95 Å². The monoisotopic (exact) mass is 399 g/mol. The Balaban J connectivity index is 1.51. The molecule has 28 heavy (non-hydrogen) atoms. The van der Waals surface area contributed by atoms with E-state index in [1.165, 1.54) is 0 Å². The number of aromatic nitrogens is 4. The predicted octanol–water partition coefficient (Wildman–Crippen LogP) is 3.51. The molecule has 0 aliphatic carbocycles. The van der Waals surface area contributed by atoms with E-state index >= 15 is 0 Å². The first kappa shape index (κ1) is 18.7. The molecular formula is C20H22ClN5O2. The lowest BCUT2D eigenvalue weighted by Gasteiger charge is -2.32. The molecule has 1 aliphatic heterocycles. The lowest BCUT2D eigenvalue weighted by atomic mass is 10.1. The lowest BCUT2D eigenvalue weighted by Crippen LogP contribution is -2.39. The van der Waals surface area contributed by atoms with Gasteiger partial charge >= 0.3 is 0 Å². The SMILES string of the molecule is COCc1nnc(N2CCC(Oc3ccccn3)CC2)n1-c1ccc(Cl)cc1. The van der Waals surface area contributed by atoms with Crippen molar-refractivity contribution in [2.24, 2.45) is 0 Å². The number of anilines is 1. The summed E-state index contributed by atoms with van der Waals surface area (Å²) in [6, 6.07) is 13.4. The summed E-state index contributed by atoms with van der Waals surface area (Å²) < 4.78 is 13.3. The summed E-state index contributed by atoms with van der Waals surface area (Å²) in [7, 11) is 1.65. The van der Waals surface area contributed by atoms with Crippen molar-refractivity contribution in [3.63, 3.8) is 0 Å². The maximum Gasteiger partial charge on any atom is 0.231 e. The second-order valence-electron chi connectivity index (χ2n) is 6.63. The number of ether oxygens (including phenoxy) is 2. The van der Waals surface area contributed by atoms with Gasteiger partial charge in [-0.15, -0.1) is 10.2 Å². The van der Waals surface area contributed by atoms with Crippen LogP contribution in [0.3, 0.4) is 0 Å². The fourth-order valence-electron chi connectivity index (χ4n) is 3.35. The van der Waals surface area contributed by atoms with Gasteiger partial charge in [-0.05, 0) is 30.3 Å². The van der Waals surface area contributed by atoms with E-state index in [9.17, 15) is 0 Å². The molecule has 2 aromatic heterocycles. The number of nitrogens with zero attached hydrogens (tertiary/aromatic N) is 5. The molecule has 0 amide bonds. The molecule has 0 saturated carbocycles. The van der Waals surface area contributed by atoms with Crippen LogP contribution in [0.5, 0.6) is 5.88 Å². The molecule has 3 aromatic rings. The fourth-order valence-corrected chi connectivity index (χ4v) is 3.48. The molecular weight excluding hydrogens is 378 g/mol. The van der Waals surface area contributed by atoms with Gasteiger partial charge in [0, 0.05) is 50.3 Å². The summed E-state index contributed by atoms with van der Waals surface area (Å²) in [5, 5.41) is 9.47. The molecule has 0 radical (unpaired) electrons. The first-order valence-electron chi connectivity index (χ1n) is 9.26. The van der Waals surface area contributed by atoms with Gasteiger partial charge in [0.1, 0.15) is 12.7 Å². The highest BCUT2D eigenvalue weighted by atomic mass is 35.5. The van der Waals surface area contributed by atoms with Crippen LogP contribution < -0.4 is 9.64 Å². The molecule has 1 aliphatic rings. The quantitative estimate of drug-likeness (QED) is 0.632. The minimum absolute atomic E-state index is 0.150. The Hall–Kier alpha value is -2.64. The highest BCUT2D eigenvalue weighted by molar-refractivity contribution is 6.30. The van der Waals surface area contributed by atoms with Crippen LogP contribution in [0.1, 0.15) is 18.7 Å². The van der Waals surface area contributed by atoms with Crippen LogP contribution in [0.2, 0.25) is 5.02 Å². The number of piperidine rings is 1. The van der Waals surface area contributed by atoms with Crippen LogP contribution in [0.25, 0.3) is 5.69 Å². The Morgan fingerprint density at radius 3 is 2.54 bits per heavy atom. The van der Waals surface area contributed by atoms with Gasteiger partial charge in [-0.3, -0.25) is 4.57 Å². The van der Waals surface area contributed by atoms with E-state index in [0.29, 0.717) is 17.5 Å². The molecule has 4 rings (SSSR count). The third kappa shape index (κ3) is 4.10. The molecule has 0 atom stereocenters. The first-order chi connectivity index (χ1) is 13.7. The van der Waals surface area contributed by atoms with Gasteiger partial charge in [0.25, 0.3) is 0 Å². The Bertz CT molecular complexity index is 893. The Morgan fingerprint density at radius 1 is 1.07 bits per heavy atom. The summed E-state index contributed by atoms with van der Waals surface area (Å²) in [5.41, 5.74) is 0.961. The van der Waals surface area contributed by atoms with E-state index in [1.54, 1.807) is 13.3 Å². The third-order valence-electron chi connectivity index (χ3n) is 4.72. The predicted molar refractivity (Wildman–Crippen MR) is 107 cm³/mol. The third-order valence-corrected chi connectivity index (χ3v) is 4.97. The van der Waals surface area contributed by atoms with Crippen molar-refractivity contribution in [3.05, 3.63) is 59.5 Å². The van der Waals surface area contributed by atoms with E-state index in [2.05, 4.69) is 20.1 Å². The van der Waals surface area contributed by atoms with Gasteiger partial charge in [0.15, 0.2) is 5.82 Å². The van der Waals surface area contributed by atoms with E-state index < -0.39 is 0 Å². The van der Waals surface area contributed by atoms with Crippen LogP contribution in [-0.2, 0) is 11.3 Å². The molecule has 8 heteroatoms.